The Morgan fingerprint density at radius 3 is 2.57 bits per heavy atom. The van der Waals surface area contributed by atoms with Crippen molar-refractivity contribution in [2.45, 2.75) is 33.1 Å². The smallest absolute Gasteiger partial charge is 0.188 e. The van der Waals surface area contributed by atoms with Crippen LogP contribution in [0.3, 0.4) is 0 Å². The summed E-state index contributed by atoms with van der Waals surface area (Å²) in [4.78, 5) is 0. The molecule has 2 heterocycles. The van der Waals surface area contributed by atoms with Gasteiger partial charge < -0.3 is 5.73 Å². The summed E-state index contributed by atoms with van der Waals surface area (Å²) in [6.45, 7) is 7.80. The first-order chi connectivity index (χ1) is 9.75. The maximum Gasteiger partial charge on any atom is 0.188 e. The summed E-state index contributed by atoms with van der Waals surface area (Å²) < 4.78 is 1.57. The fraction of sp³-hybridized carbons (Fsp3) is 0.462. The van der Waals surface area contributed by atoms with Crippen molar-refractivity contribution in [3.8, 4) is 6.07 Å². The number of nitrogens with two attached hydrogens (primary N) is 1. The molecule has 0 amide bonds. The van der Waals surface area contributed by atoms with Crippen LogP contribution in [0, 0.1) is 18.3 Å². The fourth-order valence-electron chi connectivity index (χ4n) is 1.86. The lowest BCUT2D eigenvalue weighted by molar-refractivity contribution is 0.554. The third kappa shape index (κ3) is 2.63. The predicted molar refractivity (Wildman–Crippen MR) is 78.5 cm³/mol. The minimum atomic E-state index is -0.217. The van der Waals surface area contributed by atoms with E-state index in [0.29, 0.717) is 28.6 Å². The molecule has 8 heteroatoms. The highest BCUT2D eigenvalue weighted by atomic mass is 15.3. The Balaban J connectivity index is 2.49. The molecule has 0 unspecified atom stereocenters. The fourth-order valence-corrected chi connectivity index (χ4v) is 1.86. The molecule has 0 aliphatic rings. The lowest BCUT2D eigenvalue weighted by Crippen LogP contribution is -2.12. The van der Waals surface area contributed by atoms with Gasteiger partial charge in [0.2, 0.25) is 0 Å². The zero-order chi connectivity index (χ0) is 15.8. The molecule has 0 bridgehead atoms. The van der Waals surface area contributed by atoms with Gasteiger partial charge in [0.15, 0.2) is 11.5 Å². The number of aromatic nitrogens is 4. The van der Waals surface area contributed by atoms with Gasteiger partial charge in [-0.05, 0) is 6.92 Å². The van der Waals surface area contributed by atoms with Crippen LogP contribution in [0.5, 0.6) is 0 Å². The Morgan fingerprint density at radius 2 is 2.00 bits per heavy atom. The van der Waals surface area contributed by atoms with Crippen LogP contribution >= 0.6 is 0 Å². The molecule has 0 radical (unpaired) electrons. The second-order valence-corrected chi connectivity index (χ2v) is 5.80. The van der Waals surface area contributed by atoms with Gasteiger partial charge in [-0.25, -0.2) is 0 Å². The highest BCUT2D eigenvalue weighted by molar-refractivity contribution is 5.63. The SMILES string of the molecule is Cc1n[nH]c(N=Nc2c(C(C)(C)C)nn(C)c2N)c1C#N. The van der Waals surface area contributed by atoms with Gasteiger partial charge in [-0.2, -0.15) is 15.5 Å². The standard InChI is InChI=1S/C13H18N8/c1-7-8(6-14)12(18-16-7)19-17-9-10(13(2,3)4)20-21(5)11(9)15/h15H2,1-5H3,(H,16,18). The van der Waals surface area contributed by atoms with Gasteiger partial charge in [0.1, 0.15) is 17.5 Å². The third-order valence-corrected chi connectivity index (χ3v) is 3.07. The van der Waals surface area contributed by atoms with Crippen molar-refractivity contribution in [1.29, 1.82) is 5.26 Å². The number of nitrogen functional groups attached to an aromatic ring is 1. The number of rotatable bonds is 2. The van der Waals surface area contributed by atoms with Crippen LogP contribution in [0.25, 0.3) is 0 Å². The molecular formula is C13H18N8. The number of nitrogens with one attached hydrogen (secondary N) is 1. The van der Waals surface area contributed by atoms with E-state index in [0.717, 1.165) is 5.69 Å². The van der Waals surface area contributed by atoms with Crippen LogP contribution in [0.15, 0.2) is 10.2 Å². The highest BCUT2D eigenvalue weighted by Gasteiger charge is 2.25. The number of nitrogens with zero attached hydrogens (tertiary/aromatic N) is 6. The number of aromatic amines is 1. The molecular weight excluding hydrogens is 268 g/mol. The normalized spacial score (nSPS) is 12.0. The molecule has 110 valence electrons. The van der Waals surface area contributed by atoms with Gasteiger partial charge in [0.05, 0.1) is 11.4 Å². The van der Waals surface area contributed by atoms with Crippen molar-refractivity contribution in [1.82, 2.24) is 20.0 Å². The molecule has 21 heavy (non-hydrogen) atoms. The maximum atomic E-state index is 9.08. The van der Waals surface area contributed by atoms with Crippen LogP contribution < -0.4 is 5.73 Å². The molecule has 0 spiro atoms. The van der Waals surface area contributed by atoms with Crippen molar-refractivity contribution in [2.24, 2.45) is 17.3 Å². The number of nitriles is 1. The van der Waals surface area contributed by atoms with E-state index in [-0.39, 0.29) is 5.41 Å². The minimum Gasteiger partial charge on any atom is -0.382 e. The number of H-pyrrole nitrogens is 1. The molecule has 0 fully saturated rings. The molecule has 0 atom stereocenters. The summed E-state index contributed by atoms with van der Waals surface area (Å²) in [5.41, 5.74) is 8.00. The molecule has 2 aromatic heterocycles. The van der Waals surface area contributed by atoms with E-state index in [1.807, 2.05) is 26.8 Å². The van der Waals surface area contributed by atoms with E-state index in [9.17, 15) is 0 Å². The number of aryl methyl sites for hydroxylation is 2. The van der Waals surface area contributed by atoms with E-state index in [4.69, 9.17) is 11.0 Å². The highest BCUT2D eigenvalue weighted by Crippen LogP contribution is 2.36. The second kappa shape index (κ2) is 5.01. The Hall–Kier alpha value is -2.69. The number of hydrogen-bond acceptors (Lipinski definition) is 6. The maximum absolute atomic E-state index is 9.08. The van der Waals surface area contributed by atoms with E-state index >= 15 is 0 Å². The monoisotopic (exact) mass is 286 g/mol. The molecule has 0 aromatic carbocycles. The van der Waals surface area contributed by atoms with Crippen LogP contribution in [0.1, 0.15) is 37.7 Å². The first-order valence-corrected chi connectivity index (χ1v) is 6.45. The van der Waals surface area contributed by atoms with E-state index in [1.165, 1.54) is 0 Å². The Labute approximate surface area is 122 Å². The molecule has 8 nitrogen and oxygen atoms in total. The first-order valence-electron chi connectivity index (χ1n) is 6.45. The van der Waals surface area contributed by atoms with Gasteiger partial charge in [-0.3, -0.25) is 9.78 Å². The molecule has 0 aliphatic carbocycles. The van der Waals surface area contributed by atoms with Gasteiger partial charge >= 0.3 is 0 Å². The van der Waals surface area contributed by atoms with Crippen molar-refractivity contribution in [3.63, 3.8) is 0 Å². The molecule has 2 rings (SSSR count). The van der Waals surface area contributed by atoms with Crippen LogP contribution in [-0.4, -0.2) is 20.0 Å². The summed E-state index contributed by atoms with van der Waals surface area (Å²) in [5.74, 6) is 0.747. The average Bonchev–Trinajstić information content (AvgIpc) is 2.89. The number of azo groups is 1. The van der Waals surface area contributed by atoms with Crippen molar-refractivity contribution in [3.05, 3.63) is 17.0 Å². The Bertz CT molecular complexity index is 736. The van der Waals surface area contributed by atoms with Crippen molar-refractivity contribution < 1.29 is 0 Å². The summed E-state index contributed by atoms with van der Waals surface area (Å²) in [6.07, 6.45) is 0. The third-order valence-electron chi connectivity index (χ3n) is 3.07. The van der Waals surface area contributed by atoms with Crippen molar-refractivity contribution >= 4 is 17.3 Å². The quantitative estimate of drug-likeness (QED) is 0.824. The van der Waals surface area contributed by atoms with E-state index in [2.05, 4.69) is 25.5 Å². The summed E-state index contributed by atoms with van der Waals surface area (Å²) in [7, 11) is 1.75. The zero-order valence-electron chi connectivity index (χ0n) is 12.8. The Kier molecular flexibility index (Phi) is 3.51. The zero-order valence-corrected chi connectivity index (χ0v) is 12.8. The summed E-state index contributed by atoms with van der Waals surface area (Å²) >= 11 is 0. The minimum absolute atomic E-state index is 0.217. The van der Waals surface area contributed by atoms with Gasteiger partial charge in [-0.1, -0.05) is 20.8 Å². The van der Waals surface area contributed by atoms with Crippen LogP contribution in [-0.2, 0) is 12.5 Å². The average molecular weight is 286 g/mol. The molecule has 2 aromatic rings. The number of anilines is 1. The summed E-state index contributed by atoms with van der Waals surface area (Å²) in [6, 6.07) is 2.05. The largest absolute Gasteiger partial charge is 0.382 e. The lowest BCUT2D eigenvalue weighted by atomic mass is 9.91. The topological polar surface area (TPSA) is 121 Å². The lowest BCUT2D eigenvalue weighted by Gasteiger charge is -2.15. The van der Waals surface area contributed by atoms with Crippen molar-refractivity contribution in [2.75, 3.05) is 5.73 Å². The summed E-state index contributed by atoms with van der Waals surface area (Å²) in [5, 5.41) is 28.3. The van der Waals surface area contributed by atoms with Gasteiger partial charge in [0, 0.05) is 12.5 Å². The molecule has 0 aliphatic heterocycles. The van der Waals surface area contributed by atoms with E-state index < -0.39 is 0 Å². The van der Waals surface area contributed by atoms with E-state index in [1.54, 1.807) is 18.7 Å². The first kappa shape index (κ1) is 14.7. The molecule has 0 saturated heterocycles. The van der Waals surface area contributed by atoms with Crippen LogP contribution in [0.4, 0.5) is 17.3 Å². The molecule has 0 saturated carbocycles. The van der Waals surface area contributed by atoms with Crippen LogP contribution in [0.2, 0.25) is 0 Å². The predicted octanol–water partition coefficient (Wildman–Crippen LogP) is 2.62. The van der Waals surface area contributed by atoms with Gasteiger partial charge in [-0.15, -0.1) is 10.2 Å². The number of hydrogen-bond donors (Lipinski definition) is 2. The second-order valence-electron chi connectivity index (χ2n) is 5.80. The van der Waals surface area contributed by atoms with Gasteiger partial charge in [0.25, 0.3) is 0 Å². The Morgan fingerprint density at radius 1 is 1.33 bits per heavy atom. The molecule has 3 N–H and O–H groups in total.